The van der Waals surface area contributed by atoms with Crippen molar-refractivity contribution in [1.29, 1.82) is 0 Å². The highest BCUT2D eigenvalue weighted by atomic mass is 32.2. The summed E-state index contributed by atoms with van der Waals surface area (Å²) in [7, 11) is -2.46. The van der Waals surface area contributed by atoms with E-state index >= 15 is 0 Å². The molecule has 1 unspecified atom stereocenters. The fraction of sp³-hybridized carbons (Fsp3) is 0.259. The predicted molar refractivity (Wildman–Crippen MR) is 150 cm³/mol. The molecule has 2 heterocycles. The monoisotopic (exact) mass is 552 g/mol. The molecule has 3 aromatic carbocycles. The van der Waals surface area contributed by atoms with E-state index in [9.17, 15) is 8.42 Å². The number of ether oxygens (including phenoxy) is 2. The lowest BCUT2D eigenvalue weighted by Gasteiger charge is -2.29. The average Bonchev–Trinajstić information content (AvgIpc) is 2.95. The van der Waals surface area contributed by atoms with Crippen LogP contribution < -0.4 is 15.2 Å². The Bertz CT molecular complexity index is 1470. The molecular formula is C27H30N5O4S2+. The summed E-state index contributed by atoms with van der Waals surface area (Å²) in [5.74, 6) is 1.32. The molecule has 38 heavy (non-hydrogen) atoms. The van der Waals surface area contributed by atoms with E-state index in [0.717, 1.165) is 10.7 Å². The Labute approximate surface area is 225 Å². The van der Waals surface area contributed by atoms with Gasteiger partial charge in [-0.2, -0.15) is 4.98 Å². The molecule has 0 aliphatic carbocycles. The van der Waals surface area contributed by atoms with Crippen LogP contribution in [0.2, 0.25) is 0 Å². The van der Waals surface area contributed by atoms with Crippen molar-refractivity contribution in [2.75, 3.05) is 49.8 Å². The third-order valence-electron chi connectivity index (χ3n) is 5.93. The van der Waals surface area contributed by atoms with Gasteiger partial charge in [0, 0.05) is 20.3 Å². The van der Waals surface area contributed by atoms with E-state index in [1.807, 2.05) is 48.5 Å². The first-order valence-corrected chi connectivity index (χ1v) is 15.2. The molecule has 0 bridgehead atoms. The Hall–Kier alpha value is -3.22. The summed E-state index contributed by atoms with van der Waals surface area (Å²) in [6, 6.07) is 25.2. The number of nitrogens with one attached hydrogen (secondary N) is 2. The van der Waals surface area contributed by atoms with Crippen LogP contribution in [0.3, 0.4) is 0 Å². The lowest BCUT2D eigenvalue weighted by Crippen LogP contribution is -2.40. The molecule has 9 nitrogen and oxygen atoms in total. The van der Waals surface area contributed by atoms with E-state index in [1.165, 1.54) is 4.90 Å². The van der Waals surface area contributed by atoms with Crippen LogP contribution in [0.25, 0.3) is 11.0 Å². The number of aromatic nitrogens is 2. The summed E-state index contributed by atoms with van der Waals surface area (Å²) in [5, 5.41) is 2.92. The summed E-state index contributed by atoms with van der Waals surface area (Å²) in [4.78, 5) is 11.1. The SMILES string of the molecule is COCCOCCCNS(=O)(=O)c1ccc2nc3c(nc2c1)NN(c1ccccc1)C[S+]3c1ccccc1. The zero-order valence-electron chi connectivity index (χ0n) is 21.0. The van der Waals surface area contributed by atoms with Gasteiger partial charge >= 0.3 is 0 Å². The third-order valence-corrected chi connectivity index (χ3v) is 9.50. The van der Waals surface area contributed by atoms with E-state index < -0.39 is 10.0 Å². The molecule has 0 radical (unpaired) electrons. The summed E-state index contributed by atoms with van der Waals surface area (Å²) in [6.45, 7) is 1.72. The van der Waals surface area contributed by atoms with E-state index in [1.54, 1.807) is 25.3 Å². The quantitative estimate of drug-likeness (QED) is 0.214. The minimum Gasteiger partial charge on any atom is -0.382 e. The smallest absolute Gasteiger partial charge is 0.299 e. The first-order valence-electron chi connectivity index (χ1n) is 12.3. The minimum absolute atomic E-state index is 0.150. The van der Waals surface area contributed by atoms with Crippen molar-refractivity contribution in [3.8, 4) is 0 Å². The number of nitrogens with zero attached hydrogens (tertiary/aromatic N) is 3. The molecule has 1 aromatic heterocycles. The van der Waals surface area contributed by atoms with Crippen LogP contribution in [0.15, 0.2) is 93.7 Å². The first-order chi connectivity index (χ1) is 18.5. The fourth-order valence-corrected chi connectivity index (χ4v) is 7.09. The van der Waals surface area contributed by atoms with Crippen LogP contribution in [-0.2, 0) is 30.4 Å². The summed E-state index contributed by atoms with van der Waals surface area (Å²) in [6.07, 6.45) is 0.560. The van der Waals surface area contributed by atoms with Crippen molar-refractivity contribution in [1.82, 2.24) is 14.7 Å². The Balaban J connectivity index is 1.41. The lowest BCUT2D eigenvalue weighted by atomic mass is 10.3. The number of hydrazine groups is 1. The molecule has 1 aliphatic rings. The first kappa shape index (κ1) is 26.4. The second kappa shape index (κ2) is 12.1. The van der Waals surface area contributed by atoms with Gasteiger partial charge in [-0.15, -0.1) is 0 Å². The predicted octanol–water partition coefficient (Wildman–Crippen LogP) is 3.80. The van der Waals surface area contributed by atoms with Crippen molar-refractivity contribution in [2.24, 2.45) is 0 Å². The number of para-hydroxylation sites is 1. The summed E-state index contributed by atoms with van der Waals surface area (Å²) < 4.78 is 38.8. The van der Waals surface area contributed by atoms with Crippen LogP contribution in [0.5, 0.6) is 0 Å². The normalized spacial score (nSPS) is 15.3. The van der Waals surface area contributed by atoms with Gasteiger partial charge in [0.15, 0.2) is 4.90 Å². The number of hydrogen-bond donors (Lipinski definition) is 2. The van der Waals surface area contributed by atoms with Crippen LogP contribution in [0, 0.1) is 0 Å². The van der Waals surface area contributed by atoms with Crippen molar-refractivity contribution < 1.29 is 17.9 Å². The maximum Gasteiger partial charge on any atom is 0.299 e. The van der Waals surface area contributed by atoms with Crippen LogP contribution in [0.1, 0.15) is 6.42 Å². The summed E-state index contributed by atoms with van der Waals surface area (Å²) in [5.41, 5.74) is 5.58. The van der Waals surface area contributed by atoms with Gasteiger partial charge in [0.2, 0.25) is 21.7 Å². The number of hydrogen-bond acceptors (Lipinski definition) is 8. The Morgan fingerprint density at radius 2 is 1.71 bits per heavy atom. The second-order valence-corrected chi connectivity index (χ2v) is 12.3. The van der Waals surface area contributed by atoms with Crippen LogP contribution >= 0.6 is 0 Å². The Morgan fingerprint density at radius 1 is 0.947 bits per heavy atom. The van der Waals surface area contributed by atoms with Crippen molar-refractivity contribution in [2.45, 2.75) is 21.2 Å². The summed E-state index contributed by atoms with van der Waals surface area (Å²) >= 11 is 0. The zero-order chi connectivity index (χ0) is 26.4. The maximum atomic E-state index is 12.9. The minimum atomic E-state index is -3.71. The van der Waals surface area contributed by atoms with Gasteiger partial charge in [0.1, 0.15) is 10.9 Å². The molecule has 11 heteroatoms. The van der Waals surface area contributed by atoms with Gasteiger partial charge in [0.25, 0.3) is 5.03 Å². The van der Waals surface area contributed by atoms with Crippen LogP contribution in [-0.4, -0.2) is 57.7 Å². The van der Waals surface area contributed by atoms with Crippen molar-refractivity contribution in [3.05, 3.63) is 78.9 Å². The molecule has 198 valence electrons. The highest BCUT2D eigenvalue weighted by molar-refractivity contribution is 7.97. The Kier molecular flexibility index (Phi) is 8.40. The molecule has 0 saturated heterocycles. The van der Waals surface area contributed by atoms with E-state index in [2.05, 4.69) is 27.3 Å². The zero-order valence-corrected chi connectivity index (χ0v) is 22.7. The topological polar surface area (TPSA) is 106 Å². The molecule has 4 aromatic rings. The van der Waals surface area contributed by atoms with Crippen LogP contribution in [0.4, 0.5) is 11.5 Å². The van der Waals surface area contributed by atoms with Crippen molar-refractivity contribution in [3.63, 3.8) is 0 Å². The van der Waals surface area contributed by atoms with Crippen molar-refractivity contribution >= 4 is 43.5 Å². The standard InChI is InChI=1S/C27H30N5O4S2/c1-35-17-18-36-16-8-15-28-38(33,34)23-13-14-24-25(19-23)29-26-27(30-24)37(22-11-6-3-7-12-22)20-32(31-26)21-9-4-2-5-10-21/h2-7,9-14,19,28H,8,15-18,20H2,1H3,(H,29,31)/q+1. The van der Waals surface area contributed by atoms with E-state index in [4.69, 9.17) is 19.4 Å². The van der Waals surface area contributed by atoms with Gasteiger partial charge in [0.05, 0.1) is 34.8 Å². The molecule has 0 saturated carbocycles. The molecule has 0 amide bonds. The average molecular weight is 553 g/mol. The van der Waals surface area contributed by atoms with E-state index in [0.29, 0.717) is 49.0 Å². The van der Waals surface area contributed by atoms with Gasteiger partial charge in [-0.3, -0.25) is 5.43 Å². The molecule has 1 atom stereocenters. The largest absolute Gasteiger partial charge is 0.382 e. The third kappa shape index (κ3) is 6.08. The number of anilines is 2. The number of fused-ring (bicyclic) bond motifs is 2. The number of rotatable bonds is 11. The second-order valence-electron chi connectivity index (χ2n) is 8.59. The molecule has 5 rings (SSSR count). The van der Waals surface area contributed by atoms with Gasteiger partial charge in [-0.05, 0) is 48.9 Å². The molecule has 2 N–H and O–H groups in total. The highest BCUT2D eigenvalue weighted by Gasteiger charge is 2.39. The maximum absolute atomic E-state index is 12.9. The number of methoxy groups -OCH3 is 1. The molecule has 1 aliphatic heterocycles. The van der Waals surface area contributed by atoms with Gasteiger partial charge < -0.3 is 9.47 Å². The van der Waals surface area contributed by atoms with E-state index in [-0.39, 0.29) is 22.3 Å². The molecular weight excluding hydrogens is 522 g/mol. The molecule has 0 spiro atoms. The molecule has 0 fully saturated rings. The Morgan fingerprint density at radius 3 is 2.47 bits per heavy atom. The number of sulfonamides is 1. The lowest BCUT2D eigenvalue weighted by molar-refractivity contribution is 0.0699. The highest BCUT2D eigenvalue weighted by Crippen LogP contribution is 2.35. The fourth-order valence-electron chi connectivity index (χ4n) is 4.01. The number of benzene rings is 3. The van der Waals surface area contributed by atoms with Gasteiger partial charge in [-0.25, -0.2) is 23.1 Å². The van der Waals surface area contributed by atoms with Gasteiger partial charge in [-0.1, -0.05) is 36.4 Å².